The van der Waals surface area contributed by atoms with Crippen molar-refractivity contribution >= 4 is 23.0 Å². The van der Waals surface area contributed by atoms with Crippen molar-refractivity contribution in [3.8, 4) is 0 Å². The van der Waals surface area contributed by atoms with Crippen LogP contribution in [0.25, 0.3) is 0 Å². The van der Waals surface area contributed by atoms with Gasteiger partial charge in [0.15, 0.2) is 0 Å². The molecule has 64 valence electrons. The van der Waals surface area contributed by atoms with E-state index >= 15 is 0 Å². The van der Waals surface area contributed by atoms with Gasteiger partial charge in [0.2, 0.25) is 0 Å². The van der Waals surface area contributed by atoms with Gasteiger partial charge < -0.3 is 10.4 Å². The molecular weight excluding hydrogens is 174 g/mol. The summed E-state index contributed by atoms with van der Waals surface area (Å²) >= 11 is 1.38. The van der Waals surface area contributed by atoms with E-state index in [-0.39, 0.29) is 0 Å². The first-order chi connectivity index (χ1) is 5.77. The second-order valence-electron chi connectivity index (χ2n) is 2.78. The molecular formula is C8H9NO2S. The zero-order valence-electron chi connectivity index (χ0n) is 6.46. The molecule has 1 aliphatic heterocycles. The Balaban J connectivity index is 2.38. The maximum Gasteiger partial charge on any atom is 0.345 e. The molecule has 0 amide bonds. The molecule has 0 aromatic carbocycles. The molecule has 12 heavy (non-hydrogen) atoms. The van der Waals surface area contributed by atoms with Gasteiger partial charge in [-0.25, -0.2) is 4.79 Å². The van der Waals surface area contributed by atoms with Crippen LogP contribution in [0.3, 0.4) is 0 Å². The number of nitrogens with one attached hydrogen (secondary N) is 1. The van der Waals surface area contributed by atoms with Gasteiger partial charge in [0.05, 0.1) is 0 Å². The molecule has 2 N–H and O–H groups in total. The van der Waals surface area contributed by atoms with Crippen LogP contribution < -0.4 is 5.32 Å². The molecule has 1 aromatic heterocycles. The number of hydrogen-bond acceptors (Lipinski definition) is 3. The molecule has 0 unspecified atom stereocenters. The van der Waals surface area contributed by atoms with Crippen molar-refractivity contribution in [2.45, 2.75) is 12.8 Å². The molecule has 2 rings (SSSR count). The highest BCUT2D eigenvalue weighted by atomic mass is 32.1. The topological polar surface area (TPSA) is 49.3 Å². The van der Waals surface area contributed by atoms with Crippen molar-refractivity contribution in [3.05, 3.63) is 15.8 Å². The van der Waals surface area contributed by atoms with Crippen LogP contribution >= 0.6 is 11.3 Å². The molecule has 0 spiro atoms. The number of aryl methyl sites for hydroxylation is 1. The van der Waals surface area contributed by atoms with Crippen LogP contribution in [0.15, 0.2) is 6.07 Å². The molecule has 0 atom stereocenters. The Bertz CT molecular complexity index is 295. The summed E-state index contributed by atoms with van der Waals surface area (Å²) in [5, 5.41) is 11.9. The van der Waals surface area contributed by atoms with Crippen molar-refractivity contribution in [1.82, 2.24) is 0 Å². The van der Waals surface area contributed by atoms with E-state index in [9.17, 15) is 4.79 Å². The van der Waals surface area contributed by atoms with Gasteiger partial charge in [-0.05, 0) is 18.9 Å². The lowest BCUT2D eigenvalue weighted by molar-refractivity contribution is 0.0702. The van der Waals surface area contributed by atoms with Gasteiger partial charge in [-0.3, -0.25) is 0 Å². The van der Waals surface area contributed by atoms with E-state index in [1.54, 1.807) is 6.07 Å². The molecule has 0 saturated heterocycles. The molecule has 0 saturated carbocycles. The number of thiophene rings is 1. The second kappa shape index (κ2) is 2.79. The fourth-order valence-electron chi connectivity index (χ4n) is 1.34. The highest BCUT2D eigenvalue weighted by Crippen LogP contribution is 2.30. The Kier molecular flexibility index (Phi) is 1.77. The minimum atomic E-state index is -0.823. The van der Waals surface area contributed by atoms with E-state index in [0.717, 1.165) is 25.1 Å². The summed E-state index contributed by atoms with van der Waals surface area (Å²) in [4.78, 5) is 12.2. The van der Waals surface area contributed by atoms with E-state index in [1.165, 1.54) is 16.2 Å². The predicted molar refractivity (Wildman–Crippen MR) is 48.1 cm³/mol. The van der Waals surface area contributed by atoms with E-state index in [4.69, 9.17) is 5.11 Å². The van der Waals surface area contributed by atoms with Crippen molar-refractivity contribution < 1.29 is 9.90 Å². The lowest BCUT2D eigenvalue weighted by Crippen LogP contribution is -2.08. The van der Waals surface area contributed by atoms with Gasteiger partial charge in [-0.1, -0.05) is 0 Å². The van der Waals surface area contributed by atoms with Gasteiger partial charge in [0.25, 0.3) is 0 Å². The summed E-state index contributed by atoms with van der Waals surface area (Å²) in [6.45, 7) is 0.961. The molecule has 0 fully saturated rings. The average molecular weight is 183 g/mol. The van der Waals surface area contributed by atoms with Gasteiger partial charge in [-0.15, -0.1) is 11.3 Å². The summed E-state index contributed by atoms with van der Waals surface area (Å²) in [5.41, 5.74) is 1.02. The van der Waals surface area contributed by atoms with Crippen LogP contribution in [-0.4, -0.2) is 17.6 Å². The normalized spacial score (nSPS) is 15.0. The van der Waals surface area contributed by atoms with Crippen LogP contribution in [0, 0.1) is 0 Å². The van der Waals surface area contributed by atoms with Gasteiger partial charge in [0.1, 0.15) is 4.88 Å². The maximum absolute atomic E-state index is 10.6. The molecule has 0 radical (unpaired) electrons. The smallest absolute Gasteiger partial charge is 0.345 e. The van der Waals surface area contributed by atoms with Crippen LogP contribution in [0.5, 0.6) is 0 Å². The van der Waals surface area contributed by atoms with E-state index < -0.39 is 5.97 Å². The van der Waals surface area contributed by atoms with Gasteiger partial charge in [-0.2, -0.15) is 0 Å². The summed E-state index contributed by atoms with van der Waals surface area (Å²) < 4.78 is 0. The fourth-order valence-corrected chi connectivity index (χ4v) is 2.36. The minimum Gasteiger partial charge on any atom is -0.477 e. The van der Waals surface area contributed by atoms with Crippen LogP contribution in [0.4, 0.5) is 5.69 Å². The van der Waals surface area contributed by atoms with E-state index in [1.807, 2.05) is 0 Å². The molecule has 0 aliphatic carbocycles. The molecule has 1 aliphatic rings. The summed E-state index contributed by atoms with van der Waals surface area (Å²) in [5.74, 6) is -0.823. The lowest BCUT2D eigenvalue weighted by Gasteiger charge is -2.11. The Morgan fingerprint density at radius 1 is 1.67 bits per heavy atom. The number of anilines is 1. The zero-order chi connectivity index (χ0) is 8.55. The number of carbonyl (C=O) groups is 1. The Labute approximate surface area is 74.0 Å². The first-order valence-corrected chi connectivity index (χ1v) is 4.69. The highest BCUT2D eigenvalue weighted by Gasteiger charge is 2.15. The third kappa shape index (κ3) is 1.18. The molecule has 1 aromatic rings. The van der Waals surface area contributed by atoms with Crippen molar-refractivity contribution in [1.29, 1.82) is 0 Å². The third-order valence-corrected chi connectivity index (χ3v) is 3.10. The SMILES string of the molecule is O=C(O)c1cc2c(s1)CCCN2. The average Bonchev–Trinajstić information content (AvgIpc) is 2.46. The summed E-state index contributed by atoms with van der Waals surface area (Å²) in [6, 6.07) is 1.72. The molecule has 4 heteroatoms. The molecule has 0 bridgehead atoms. The van der Waals surface area contributed by atoms with Crippen LogP contribution in [0.2, 0.25) is 0 Å². The maximum atomic E-state index is 10.6. The fraction of sp³-hybridized carbons (Fsp3) is 0.375. The Morgan fingerprint density at radius 3 is 3.17 bits per heavy atom. The first-order valence-electron chi connectivity index (χ1n) is 3.87. The second-order valence-corrected chi connectivity index (χ2v) is 3.92. The highest BCUT2D eigenvalue weighted by molar-refractivity contribution is 7.14. The number of rotatable bonds is 1. The van der Waals surface area contributed by atoms with Gasteiger partial charge >= 0.3 is 5.97 Å². The van der Waals surface area contributed by atoms with E-state index in [0.29, 0.717) is 4.88 Å². The lowest BCUT2D eigenvalue weighted by atomic mass is 10.2. The number of carboxylic acid groups (broad SMARTS) is 1. The quantitative estimate of drug-likeness (QED) is 0.698. The number of carboxylic acids is 1. The number of fused-ring (bicyclic) bond motifs is 1. The predicted octanol–water partition coefficient (Wildman–Crippen LogP) is 1.80. The van der Waals surface area contributed by atoms with Crippen molar-refractivity contribution in [3.63, 3.8) is 0 Å². The first kappa shape index (κ1) is 7.61. The molecule has 2 heterocycles. The third-order valence-electron chi connectivity index (χ3n) is 1.92. The molecule has 3 nitrogen and oxygen atoms in total. The van der Waals surface area contributed by atoms with E-state index in [2.05, 4.69) is 5.32 Å². The monoisotopic (exact) mass is 183 g/mol. The van der Waals surface area contributed by atoms with Gasteiger partial charge in [0, 0.05) is 17.1 Å². The zero-order valence-corrected chi connectivity index (χ0v) is 7.28. The van der Waals surface area contributed by atoms with Crippen LogP contribution in [-0.2, 0) is 6.42 Å². The minimum absolute atomic E-state index is 0.439. The largest absolute Gasteiger partial charge is 0.477 e. The summed E-state index contributed by atoms with van der Waals surface area (Å²) in [7, 11) is 0. The number of aromatic carboxylic acids is 1. The Morgan fingerprint density at radius 2 is 2.50 bits per heavy atom. The standard InChI is InChI=1S/C8H9NO2S/c10-8(11)7-4-5-6(12-7)2-1-3-9-5/h4,9H,1-3H2,(H,10,11). The van der Waals surface area contributed by atoms with Crippen molar-refractivity contribution in [2.75, 3.05) is 11.9 Å². The summed E-state index contributed by atoms with van der Waals surface area (Å²) in [6.07, 6.45) is 2.12. The van der Waals surface area contributed by atoms with Crippen LogP contribution in [0.1, 0.15) is 21.0 Å². The Hall–Kier alpha value is -1.03. The van der Waals surface area contributed by atoms with Crippen molar-refractivity contribution in [2.24, 2.45) is 0 Å². The number of hydrogen-bond donors (Lipinski definition) is 2.